The molecule has 0 saturated heterocycles. The summed E-state index contributed by atoms with van der Waals surface area (Å²) >= 11 is 0. The Labute approximate surface area is 137 Å². The van der Waals surface area contributed by atoms with Crippen LogP contribution in [0.2, 0.25) is 0 Å². The summed E-state index contributed by atoms with van der Waals surface area (Å²) in [4.78, 5) is 16.2. The van der Waals surface area contributed by atoms with Crippen LogP contribution in [0, 0.1) is 13.8 Å². The van der Waals surface area contributed by atoms with Gasteiger partial charge in [0.25, 0.3) is 5.91 Å². The van der Waals surface area contributed by atoms with Gasteiger partial charge in [-0.1, -0.05) is 6.07 Å². The third kappa shape index (κ3) is 5.07. The van der Waals surface area contributed by atoms with Crippen molar-refractivity contribution in [3.8, 4) is 0 Å². The lowest BCUT2D eigenvalue weighted by atomic mass is 10.1. The van der Waals surface area contributed by atoms with E-state index in [-0.39, 0.29) is 5.91 Å². The number of nitrogens with one attached hydrogen (secondary N) is 2. The lowest BCUT2D eigenvalue weighted by Gasteiger charge is -2.10. The van der Waals surface area contributed by atoms with Crippen LogP contribution < -0.4 is 10.6 Å². The van der Waals surface area contributed by atoms with Gasteiger partial charge >= 0.3 is 0 Å². The Bertz CT molecular complexity index is 671. The van der Waals surface area contributed by atoms with Gasteiger partial charge in [-0.15, -0.1) is 0 Å². The summed E-state index contributed by atoms with van der Waals surface area (Å²) in [6.45, 7) is 5.36. The maximum absolute atomic E-state index is 12.1. The molecule has 0 aliphatic rings. The number of hydrogen-bond donors (Lipinski definition) is 2. The summed E-state index contributed by atoms with van der Waals surface area (Å²) in [6, 6.07) is 9.77. The standard InChI is InChI=1S/C18H23N3O2/c1-13-5-6-15(11-14(13)2)21-16-7-9-19-17(12-16)18(22)20-8-4-10-23-3/h5-7,9,11-12H,4,8,10H2,1-3H3,(H,19,21)(H,20,22). The molecule has 5 nitrogen and oxygen atoms in total. The number of methoxy groups -OCH3 is 1. The highest BCUT2D eigenvalue weighted by molar-refractivity contribution is 5.93. The fraction of sp³-hybridized carbons (Fsp3) is 0.333. The normalized spacial score (nSPS) is 10.4. The van der Waals surface area contributed by atoms with Crippen LogP contribution >= 0.6 is 0 Å². The SMILES string of the molecule is COCCCNC(=O)c1cc(Nc2ccc(C)c(C)c2)ccn1. The average Bonchev–Trinajstić information content (AvgIpc) is 2.55. The zero-order valence-corrected chi connectivity index (χ0v) is 13.8. The molecule has 0 fully saturated rings. The van der Waals surface area contributed by atoms with Crippen molar-refractivity contribution in [3.63, 3.8) is 0 Å². The second-order valence-electron chi connectivity index (χ2n) is 5.46. The minimum Gasteiger partial charge on any atom is -0.385 e. The number of benzene rings is 1. The first kappa shape index (κ1) is 17.0. The fourth-order valence-electron chi connectivity index (χ4n) is 2.13. The predicted molar refractivity (Wildman–Crippen MR) is 92.3 cm³/mol. The lowest BCUT2D eigenvalue weighted by molar-refractivity contribution is 0.0943. The first-order valence-corrected chi connectivity index (χ1v) is 7.67. The van der Waals surface area contributed by atoms with E-state index < -0.39 is 0 Å². The maximum Gasteiger partial charge on any atom is 0.269 e. The number of nitrogens with zero attached hydrogens (tertiary/aromatic N) is 1. The molecule has 1 aromatic heterocycles. The summed E-state index contributed by atoms with van der Waals surface area (Å²) < 4.78 is 4.96. The van der Waals surface area contributed by atoms with Crippen LogP contribution in [0.1, 0.15) is 28.0 Å². The van der Waals surface area contributed by atoms with E-state index in [2.05, 4.69) is 41.6 Å². The molecule has 0 aliphatic heterocycles. The molecular weight excluding hydrogens is 290 g/mol. The Balaban J connectivity index is 2.01. The first-order chi connectivity index (χ1) is 11.1. The van der Waals surface area contributed by atoms with Crippen molar-refractivity contribution in [2.24, 2.45) is 0 Å². The van der Waals surface area contributed by atoms with E-state index in [4.69, 9.17) is 4.74 Å². The summed E-state index contributed by atoms with van der Waals surface area (Å²) in [5.41, 5.74) is 4.70. The predicted octanol–water partition coefficient (Wildman–Crippen LogP) is 3.21. The Morgan fingerprint density at radius 1 is 1.13 bits per heavy atom. The van der Waals surface area contributed by atoms with E-state index in [1.807, 2.05) is 12.1 Å². The van der Waals surface area contributed by atoms with Crippen molar-refractivity contribution in [1.29, 1.82) is 0 Å². The summed E-state index contributed by atoms with van der Waals surface area (Å²) in [7, 11) is 1.64. The van der Waals surface area contributed by atoms with Crippen LogP contribution in [0.25, 0.3) is 0 Å². The minimum absolute atomic E-state index is 0.176. The molecule has 2 rings (SSSR count). The van der Waals surface area contributed by atoms with Gasteiger partial charge in [0.2, 0.25) is 0 Å². The quantitative estimate of drug-likeness (QED) is 0.771. The van der Waals surface area contributed by atoms with Crippen molar-refractivity contribution in [3.05, 3.63) is 53.3 Å². The first-order valence-electron chi connectivity index (χ1n) is 7.67. The second-order valence-corrected chi connectivity index (χ2v) is 5.46. The largest absolute Gasteiger partial charge is 0.385 e. The highest BCUT2D eigenvalue weighted by Gasteiger charge is 2.07. The van der Waals surface area contributed by atoms with Gasteiger partial charge in [-0.25, -0.2) is 0 Å². The summed E-state index contributed by atoms with van der Waals surface area (Å²) in [5, 5.41) is 6.14. The van der Waals surface area contributed by atoms with E-state index in [1.54, 1.807) is 19.4 Å². The van der Waals surface area contributed by atoms with Gasteiger partial charge in [-0.2, -0.15) is 0 Å². The summed E-state index contributed by atoms with van der Waals surface area (Å²) in [5.74, 6) is -0.176. The maximum atomic E-state index is 12.1. The van der Waals surface area contributed by atoms with Gasteiger partial charge in [0, 0.05) is 37.8 Å². The molecule has 122 valence electrons. The molecule has 0 spiro atoms. The smallest absolute Gasteiger partial charge is 0.269 e. The van der Waals surface area contributed by atoms with Crippen LogP contribution in [0.15, 0.2) is 36.5 Å². The van der Waals surface area contributed by atoms with Gasteiger partial charge < -0.3 is 15.4 Å². The number of aryl methyl sites for hydroxylation is 2. The van der Waals surface area contributed by atoms with Crippen molar-refractivity contribution >= 4 is 17.3 Å². The molecule has 1 heterocycles. The van der Waals surface area contributed by atoms with Crippen molar-refractivity contribution < 1.29 is 9.53 Å². The lowest BCUT2D eigenvalue weighted by Crippen LogP contribution is -2.26. The third-order valence-corrected chi connectivity index (χ3v) is 3.60. The number of amides is 1. The van der Waals surface area contributed by atoms with Gasteiger partial charge in [-0.05, 0) is 55.7 Å². The molecular formula is C18H23N3O2. The van der Waals surface area contributed by atoms with Crippen LogP contribution in [0.5, 0.6) is 0 Å². The van der Waals surface area contributed by atoms with E-state index in [0.29, 0.717) is 18.8 Å². The monoisotopic (exact) mass is 313 g/mol. The molecule has 5 heteroatoms. The van der Waals surface area contributed by atoms with Crippen molar-refractivity contribution in [2.75, 3.05) is 25.6 Å². The molecule has 23 heavy (non-hydrogen) atoms. The van der Waals surface area contributed by atoms with E-state index >= 15 is 0 Å². The number of carbonyl (C=O) groups is 1. The zero-order valence-electron chi connectivity index (χ0n) is 13.8. The van der Waals surface area contributed by atoms with Gasteiger partial charge in [0.05, 0.1) is 0 Å². The number of anilines is 2. The molecule has 0 saturated carbocycles. The molecule has 1 aromatic carbocycles. The van der Waals surface area contributed by atoms with E-state index in [0.717, 1.165) is 17.8 Å². The Morgan fingerprint density at radius 3 is 2.65 bits per heavy atom. The Kier molecular flexibility index (Phi) is 6.11. The molecule has 0 atom stereocenters. The Morgan fingerprint density at radius 2 is 1.91 bits per heavy atom. The second kappa shape index (κ2) is 8.29. The van der Waals surface area contributed by atoms with Gasteiger partial charge in [0.1, 0.15) is 5.69 Å². The van der Waals surface area contributed by atoms with Crippen LogP contribution in [0.4, 0.5) is 11.4 Å². The molecule has 0 bridgehead atoms. The van der Waals surface area contributed by atoms with Crippen LogP contribution in [-0.2, 0) is 4.74 Å². The molecule has 1 amide bonds. The number of hydrogen-bond acceptors (Lipinski definition) is 4. The zero-order chi connectivity index (χ0) is 16.7. The number of ether oxygens (including phenoxy) is 1. The molecule has 2 aromatic rings. The minimum atomic E-state index is -0.176. The van der Waals surface area contributed by atoms with Crippen LogP contribution in [0.3, 0.4) is 0 Å². The molecule has 0 aliphatic carbocycles. The fourth-order valence-corrected chi connectivity index (χ4v) is 2.13. The van der Waals surface area contributed by atoms with Gasteiger partial charge in [0.15, 0.2) is 0 Å². The van der Waals surface area contributed by atoms with Crippen LogP contribution in [-0.4, -0.2) is 31.2 Å². The molecule has 2 N–H and O–H groups in total. The number of pyridine rings is 1. The number of aromatic nitrogens is 1. The van der Waals surface area contributed by atoms with E-state index in [1.165, 1.54) is 11.1 Å². The van der Waals surface area contributed by atoms with Crippen molar-refractivity contribution in [2.45, 2.75) is 20.3 Å². The third-order valence-electron chi connectivity index (χ3n) is 3.60. The highest BCUT2D eigenvalue weighted by Crippen LogP contribution is 2.19. The highest BCUT2D eigenvalue weighted by atomic mass is 16.5. The Hall–Kier alpha value is -2.40. The van der Waals surface area contributed by atoms with E-state index in [9.17, 15) is 4.79 Å². The summed E-state index contributed by atoms with van der Waals surface area (Å²) in [6.07, 6.45) is 2.41. The topological polar surface area (TPSA) is 63.2 Å². The molecule has 0 radical (unpaired) electrons. The number of rotatable bonds is 7. The average molecular weight is 313 g/mol. The molecule has 0 unspecified atom stereocenters. The van der Waals surface area contributed by atoms with Crippen molar-refractivity contribution in [1.82, 2.24) is 10.3 Å². The number of carbonyl (C=O) groups excluding carboxylic acids is 1. The van der Waals surface area contributed by atoms with Gasteiger partial charge in [-0.3, -0.25) is 9.78 Å².